The smallest absolute Gasteiger partial charge is 0.250 e. The zero-order valence-corrected chi connectivity index (χ0v) is 15.7. The van der Waals surface area contributed by atoms with Crippen LogP contribution in [0.1, 0.15) is 28.6 Å². The van der Waals surface area contributed by atoms with E-state index in [9.17, 15) is 4.39 Å². The molecule has 0 bridgehead atoms. The first-order valence-electron chi connectivity index (χ1n) is 9.34. The molecule has 140 valence electrons. The van der Waals surface area contributed by atoms with Gasteiger partial charge >= 0.3 is 0 Å². The van der Waals surface area contributed by atoms with E-state index in [1.807, 2.05) is 6.07 Å². The average molecular weight is 373 g/mol. The molecule has 0 saturated heterocycles. The molecule has 0 spiro atoms. The van der Waals surface area contributed by atoms with Crippen molar-refractivity contribution < 1.29 is 14.1 Å². The Bertz CT molecular complexity index is 1020. The molecule has 0 radical (unpaired) electrons. The molecule has 4 aromatic rings. The van der Waals surface area contributed by atoms with Gasteiger partial charge in [0.2, 0.25) is 0 Å². The van der Waals surface area contributed by atoms with E-state index in [4.69, 9.17) is 4.42 Å². The fourth-order valence-electron chi connectivity index (χ4n) is 3.27. The molecule has 0 saturated carbocycles. The van der Waals surface area contributed by atoms with E-state index in [1.165, 1.54) is 28.8 Å². The number of hydrogen-bond donors (Lipinski definition) is 1. The Balaban J connectivity index is 1.53. The summed E-state index contributed by atoms with van der Waals surface area (Å²) < 4.78 is 19.0. The Labute approximate surface area is 163 Å². The van der Waals surface area contributed by atoms with Gasteiger partial charge < -0.3 is 9.73 Å². The van der Waals surface area contributed by atoms with Gasteiger partial charge in [0, 0.05) is 16.7 Å². The largest absolute Gasteiger partial charge is 0.435 e. The maximum atomic E-state index is 13.1. The second kappa shape index (κ2) is 8.19. The van der Waals surface area contributed by atoms with E-state index >= 15 is 0 Å². The summed E-state index contributed by atoms with van der Waals surface area (Å²) in [5.74, 6) is 1.03. The quantitative estimate of drug-likeness (QED) is 0.535. The molecule has 0 aliphatic heterocycles. The molecule has 0 aliphatic carbocycles. The summed E-state index contributed by atoms with van der Waals surface area (Å²) in [6, 6.07) is 25.4. The van der Waals surface area contributed by atoms with Gasteiger partial charge in [-0.25, -0.2) is 9.37 Å². The normalized spacial score (nSPS) is 12.1. The van der Waals surface area contributed by atoms with Crippen LogP contribution in [0.25, 0.3) is 11.3 Å². The van der Waals surface area contributed by atoms with Crippen LogP contribution >= 0.6 is 0 Å². The van der Waals surface area contributed by atoms with Gasteiger partial charge in [-0.05, 0) is 31.2 Å². The van der Waals surface area contributed by atoms with Crippen LogP contribution in [0, 0.1) is 12.7 Å². The summed E-state index contributed by atoms with van der Waals surface area (Å²) in [4.78, 5) is 4.40. The minimum absolute atomic E-state index is 0.156. The maximum Gasteiger partial charge on any atom is 0.250 e. The highest BCUT2D eigenvalue weighted by Gasteiger charge is 2.18. The molecule has 3 nitrogen and oxygen atoms in total. The van der Waals surface area contributed by atoms with E-state index in [0.717, 1.165) is 5.56 Å². The third kappa shape index (κ3) is 4.18. The Morgan fingerprint density at radius 1 is 0.893 bits per heavy atom. The first kappa shape index (κ1) is 18.1. The third-order valence-corrected chi connectivity index (χ3v) is 4.81. The first-order valence-corrected chi connectivity index (χ1v) is 9.34. The monoisotopic (exact) mass is 373 g/mol. The van der Waals surface area contributed by atoms with Crippen LogP contribution in [0.3, 0.4) is 0 Å². The van der Waals surface area contributed by atoms with Gasteiger partial charge in [0.25, 0.3) is 5.89 Å². The lowest BCUT2D eigenvalue weighted by Crippen LogP contribution is -2.84. The molecule has 0 amide bonds. The summed E-state index contributed by atoms with van der Waals surface area (Å²) in [6.45, 7) is 2.70. The number of hydrogen-bond acceptors (Lipinski definition) is 2. The Morgan fingerprint density at radius 2 is 1.57 bits per heavy atom. The van der Waals surface area contributed by atoms with Crippen molar-refractivity contribution >= 4 is 0 Å². The molecule has 1 aromatic heterocycles. The minimum atomic E-state index is -0.263. The lowest BCUT2D eigenvalue weighted by molar-refractivity contribution is -0.704. The molecule has 1 heterocycles. The van der Waals surface area contributed by atoms with Crippen molar-refractivity contribution in [1.29, 1.82) is 0 Å². The lowest BCUT2D eigenvalue weighted by Gasteiger charge is -2.16. The van der Waals surface area contributed by atoms with Crippen molar-refractivity contribution in [3.05, 3.63) is 113 Å². The van der Waals surface area contributed by atoms with E-state index in [0.29, 0.717) is 18.2 Å². The number of aromatic nitrogens is 1. The number of benzene rings is 3. The number of oxazole rings is 1. The van der Waals surface area contributed by atoms with Gasteiger partial charge in [0.1, 0.15) is 11.9 Å². The fourth-order valence-corrected chi connectivity index (χ4v) is 3.27. The number of quaternary nitrogens is 1. The predicted octanol–water partition coefficient (Wildman–Crippen LogP) is 4.64. The highest BCUT2D eigenvalue weighted by atomic mass is 19.1. The molecular weight excluding hydrogens is 351 g/mol. The summed E-state index contributed by atoms with van der Waals surface area (Å²) in [7, 11) is 0. The number of nitrogens with zero attached hydrogens (tertiary/aromatic N) is 1. The zero-order valence-electron chi connectivity index (χ0n) is 15.7. The third-order valence-electron chi connectivity index (χ3n) is 4.81. The van der Waals surface area contributed by atoms with Crippen LogP contribution in [0.2, 0.25) is 0 Å². The van der Waals surface area contributed by atoms with Gasteiger partial charge in [0.15, 0.2) is 12.3 Å². The Hall–Kier alpha value is -3.24. The van der Waals surface area contributed by atoms with Crippen LogP contribution < -0.4 is 5.32 Å². The average Bonchev–Trinajstić information content (AvgIpc) is 3.20. The molecule has 2 N–H and O–H groups in total. The molecule has 4 heteroatoms. The zero-order chi connectivity index (χ0) is 19.3. The summed E-state index contributed by atoms with van der Waals surface area (Å²) in [5.41, 5.74) is 4.53. The van der Waals surface area contributed by atoms with Crippen molar-refractivity contribution in [2.24, 2.45) is 0 Å². The second-order valence-corrected chi connectivity index (χ2v) is 6.86. The highest BCUT2D eigenvalue weighted by Crippen LogP contribution is 2.21. The van der Waals surface area contributed by atoms with Gasteiger partial charge in [-0.3, -0.25) is 0 Å². The SMILES string of the molecule is Cc1ccc([C@H]([NH2+]Cc2ncc(-c3ccc(F)cc3)o2)c2ccccc2)cc1. The minimum Gasteiger partial charge on any atom is -0.435 e. The van der Waals surface area contributed by atoms with Crippen LogP contribution in [0.4, 0.5) is 4.39 Å². The van der Waals surface area contributed by atoms with Gasteiger partial charge in [-0.1, -0.05) is 60.2 Å². The van der Waals surface area contributed by atoms with Crippen molar-refractivity contribution in [3.8, 4) is 11.3 Å². The fraction of sp³-hybridized carbons (Fsp3) is 0.125. The molecule has 1 atom stereocenters. The van der Waals surface area contributed by atoms with Crippen LogP contribution in [0.15, 0.2) is 89.5 Å². The van der Waals surface area contributed by atoms with Crippen molar-refractivity contribution in [1.82, 2.24) is 4.98 Å². The van der Waals surface area contributed by atoms with E-state index < -0.39 is 0 Å². The number of nitrogens with two attached hydrogens (primary N) is 1. The maximum absolute atomic E-state index is 13.1. The predicted molar refractivity (Wildman–Crippen MR) is 107 cm³/mol. The Kier molecular flexibility index (Phi) is 5.31. The van der Waals surface area contributed by atoms with Gasteiger partial charge in [0.05, 0.1) is 6.20 Å². The van der Waals surface area contributed by atoms with E-state index in [2.05, 4.69) is 65.8 Å². The van der Waals surface area contributed by atoms with Crippen LogP contribution in [0.5, 0.6) is 0 Å². The van der Waals surface area contributed by atoms with Gasteiger partial charge in [-0.15, -0.1) is 0 Å². The number of halogens is 1. The topological polar surface area (TPSA) is 42.6 Å². The van der Waals surface area contributed by atoms with Crippen LogP contribution in [-0.4, -0.2) is 4.98 Å². The molecule has 0 unspecified atom stereocenters. The summed E-state index contributed by atoms with van der Waals surface area (Å²) in [5, 5.41) is 2.22. The molecule has 3 aromatic carbocycles. The van der Waals surface area contributed by atoms with Crippen molar-refractivity contribution in [3.63, 3.8) is 0 Å². The Morgan fingerprint density at radius 3 is 2.29 bits per heavy atom. The first-order chi connectivity index (χ1) is 13.7. The second-order valence-electron chi connectivity index (χ2n) is 6.86. The summed E-state index contributed by atoms with van der Waals surface area (Å²) >= 11 is 0. The standard InChI is InChI=1S/C24H21FN2O/c1-17-7-9-20(10-8-17)24(19-5-3-2-4-6-19)27-16-23-26-15-22(28-23)18-11-13-21(25)14-12-18/h2-15,24,27H,16H2,1H3/p+1/t24-/m1/s1. The number of aryl methyl sites for hydroxylation is 1. The number of rotatable bonds is 6. The van der Waals surface area contributed by atoms with E-state index in [1.54, 1.807) is 18.3 Å². The summed E-state index contributed by atoms with van der Waals surface area (Å²) in [6.07, 6.45) is 1.69. The molecule has 0 aliphatic rings. The molecule has 4 rings (SSSR count). The van der Waals surface area contributed by atoms with Crippen LogP contribution in [-0.2, 0) is 6.54 Å². The molecular formula is C24H22FN2O+. The lowest BCUT2D eigenvalue weighted by atomic mass is 9.98. The van der Waals surface area contributed by atoms with E-state index in [-0.39, 0.29) is 11.9 Å². The van der Waals surface area contributed by atoms with Gasteiger partial charge in [-0.2, -0.15) is 0 Å². The molecule has 0 fully saturated rings. The van der Waals surface area contributed by atoms with Crippen molar-refractivity contribution in [2.45, 2.75) is 19.5 Å². The van der Waals surface area contributed by atoms with Crippen molar-refractivity contribution in [2.75, 3.05) is 0 Å². The highest BCUT2D eigenvalue weighted by molar-refractivity contribution is 5.55. The molecule has 28 heavy (non-hydrogen) atoms.